The lowest BCUT2D eigenvalue weighted by Crippen LogP contribution is -1.93. The summed E-state index contributed by atoms with van der Waals surface area (Å²) < 4.78 is 10.5. The Balaban J connectivity index is 0. The van der Waals surface area contributed by atoms with Gasteiger partial charge in [-0.05, 0) is 0 Å². The molecule has 0 aliphatic carbocycles. The molecule has 3 nitrogen and oxygen atoms in total. The summed E-state index contributed by atoms with van der Waals surface area (Å²) in [4.78, 5) is 8.99. The third-order valence-electron chi connectivity index (χ3n) is 0.114. The van der Waals surface area contributed by atoms with Gasteiger partial charge in [-0.25, -0.2) is 9.18 Å². The summed E-state index contributed by atoms with van der Waals surface area (Å²) in [5, 5.41) is 7.35. The molecule has 0 aliphatic heterocycles. The Morgan fingerprint density at radius 3 is 2.00 bits per heavy atom. The standard InChI is InChI=1S/C2H3FO2.H3N/c3-1-2(4)5;/h1H2,(H,4,5);1H3. The molecule has 0 aromatic heterocycles. The monoisotopic (exact) mass is 95.0 g/mol. The fraction of sp³-hybridized carbons (Fsp3) is 0.500. The van der Waals surface area contributed by atoms with E-state index in [1.54, 1.807) is 0 Å². The predicted octanol–water partition coefficient (Wildman–Crippen LogP) is 0.202. The van der Waals surface area contributed by atoms with Gasteiger partial charge in [0, 0.05) is 0 Å². The second kappa shape index (κ2) is 4.36. The Kier molecular flexibility index (Phi) is 6.56. The van der Waals surface area contributed by atoms with E-state index in [2.05, 4.69) is 0 Å². The van der Waals surface area contributed by atoms with E-state index >= 15 is 0 Å². The van der Waals surface area contributed by atoms with E-state index in [1.807, 2.05) is 0 Å². The molecule has 0 saturated heterocycles. The second-order valence-corrected chi connectivity index (χ2v) is 0.527. The molecule has 0 aromatic carbocycles. The van der Waals surface area contributed by atoms with Crippen LogP contribution in [0.4, 0.5) is 4.39 Å². The van der Waals surface area contributed by atoms with Gasteiger partial charge in [0.2, 0.25) is 0 Å². The average molecular weight is 95.1 g/mol. The summed E-state index contributed by atoms with van der Waals surface area (Å²) in [6.07, 6.45) is 0. The van der Waals surface area contributed by atoms with Crippen molar-refractivity contribution in [3.8, 4) is 0 Å². The van der Waals surface area contributed by atoms with Crippen LogP contribution in [0.25, 0.3) is 0 Å². The van der Waals surface area contributed by atoms with E-state index in [0.29, 0.717) is 0 Å². The van der Waals surface area contributed by atoms with Crippen LogP contribution in [-0.2, 0) is 4.79 Å². The summed E-state index contributed by atoms with van der Waals surface area (Å²) >= 11 is 0. The molecule has 6 heavy (non-hydrogen) atoms. The zero-order valence-electron chi connectivity index (χ0n) is 3.15. The fourth-order valence-electron chi connectivity index (χ4n) is 0. The van der Waals surface area contributed by atoms with Crippen LogP contribution in [-0.4, -0.2) is 17.8 Å². The van der Waals surface area contributed by atoms with Crippen molar-refractivity contribution in [2.45, 2.75) is 0 Å². The molecule has 4 N–H and O–H groups in total. The summed E-state index contributed by atoms with van der Waals surface area (Å²) in [5.74, 6) is -1.41. The van der Waals surface area contributed by atoms with E-state index in [0.717, 1.165) is 0 Å². The average Bonchev–Trinajstić information content (AvgIpc) is 1.38. The first kappa shape index (κ1) is 9.03. The molecule has 0 radical (unpaired) electrons. The molecule has 0 aromatic rings. The highest BCUT2D eigenvalue weighted by Crippen LogP contribution is 1.60. The summed E-state index contributed by atoms with van der Waals surface area (Å²) in [5.41, 5.74) is 0. The third-order valence-corrected chi connectivity index (χ3v) is 0.114. The van der Waals surface area contributed by atoms with Gasteiger partial charge in [0.15, 0.2) is 6.67 Å². The van der Waals surface area contributed by atoms with Crippen molar-refractivity contribution in [1.29, 1.82) is 0 Å². The fourth-order valence-corrected chi connectivity index (χ4v) is 0. The molecule has 0 amide bonds. The minimum absolute atomic E-state index is 0. The quantitative estimate of drug-likeness (QED) is 0.488. The van der Waals surface area contributed by atoms with Crippen LogP contribution in [0.2, 0.25) is 0 Å². The van der Waals surface area contributed by atoms with Crippen LogP contribution in [0, 0.1) is 0 Å². The van der Waals surface area contributed by atoms with E-state index < -0.39 is 12.6 Å². The van der Waals surface area contributed by atoms with E-state index in [4.69, 9.17) is 9.90 Å². The highest BCUT2D eigenvalue weighted by Gasteiger charge is 1.85. The molecule has 0 spiro atoms. The molecule has 38 valence electrons. The van der Waals surface area contributed by atoms with Gasteiger partial charge < -0.3 is 11.3 Å². The first-order chi connectivity index (χ1) is 2.27. The third kappa shape index (κ3) is 10.1. The van der Waals surface area contributed by atoms with Crippen LogP contribution >= 0.6 is 0 Å². The Labute approximate surface area is 34.4 Å². The van der Waals surface area contributed by atoms with Crippen molar-refractivity contribution < 1.29 is 14.3 Å². The number of rotatable bonds is 1. The number of aliphatic carboxylic acids is 1. The summed E-state index contributed by atoms with van der Waals surface area (Å²) in [6.45, 7) is -1.28. The van der Waals surface area contributed by atoms with Crippen molar-refractivity contribution in [2.24, 2.45) is 0 Å². The first-order valence-corrected chi connectivity index (χ1v) is 1.05. The molecule has 0 aliphatic rings. The molecule has 0 atom stereocenters. The normalized spacial score (nSPS) is 6.17. The van der Waals surface area contributed by atoms with Gasteiger partial charge in [-0.15, -0.1) is 0 Å². The zero-order valence-corrected chi connectivity index (χ0v) is 3.15. The highest BCUT2D eigenvalue weighted by molar-refractivity contribution is 5.67. The van der Waals surface area contributed by atoms with E-state index in [1.165, 1.54) is 0 Å². The van der Waals surface area contributed by atoms with Gasteiger partial charge in [0.1, 0.15) is 0 Å². The largest absolute Gasteiger partial charge is 0.479 e. The lowest BCUT2D eigenvalue weighted by atomic mass is 10.8. The highest BCUT2D eigenvalue weighted by atomic mass is 19.1. The van der Waals surface area contributed by atoms with E-state index in [-0.39, 0.29) is 6.15 Å². The minimum Gasteiger partial charge on any atom is -0.479 e. The molecule has 0 bridgehead atoms. The number of carbonyl (C=O) groups is 1. The lowest BCUT2D eigenvalue weighted by molar-refractivity contribution is -0.137. The molecular weight excluding hydrogens is 89.0 g/mol. The topological polar surface area (TPSA) is 72.3 Å². The Bertz CT molecular complexity index is 46.8. The summed E-state index contributed by atoms with van der Waals surface area (Å²) in [7, 11) is 0. The maximum Gasteiger partial charge on any atom is 0.335 e. The number of alkyl halides is 1. The Morgan fingerprint density at radius 1 is 1.83 bits per heavy atom. The smallest absolute Gasteiger partial charge is 0.335 e. The maximum atomic E-state index is 10.5. The minimum atomic E-state index is -1.41. The van der Waals surface area contributed by atoms with Crippen LogP contribution in [0.5, 0.6) is 0 Å². The van der Waals surface area contributed by atoms with Crippen molar-refractivity contribution >= 4 is 5.97 Å². The number of carboxylic acids is 1. The van der Waals surface area contributed by atoms with Crippen molar-refractivity contribution in [2.75, 3.05) is 6.67 Å². The Hall–Kier alpha value is -0.640. The first-order valence-electron chi connectivity index (χ1n) is 1.05. The maximum absolute atomic E-state index is 10.5. The van der Waals surface area contributed by atoms with Gasteiger partial charge in [-0.3, -0.25) is 0 Å². The Morgan fingerprint density at radius 2 is 2.00 bits per heavy atom. The van der Waals surface area contributed by atoms with Crippen LogP contribution in [0.3, 0.4) is 0 Å². The van der Waals surface area contributed by atoms with Crippen LogP contribution in [0.15, 0.2) is 0 Å². The molecule has 0 unspecified atom stereocenters. The lowest BCUT2D eigenvalue weighted by Gasteiger charge is -1.69. The molecular formula is C2H6FNO2. The van der Waals surface area contributed by atoms with Crippen molar-refractivity contribution in [3.63, 3.8) is 0 Å². The number of hydrogen-bond acceptors (Lipinski definition) is 2. The molecule has 0 saturated carbocycles. The second-order valence-electron chi connectivity index (χ2n) is 0.527. The molecule has 0 rings (SSSR count). The number of carboxylic acid groups (broad SMARTS) is 1. The number of halogens is 1. The van der Waals surface area contributed by atoms with E-state index in [9.17, 15) is 4.39 Å². The van der Waals surface area contributed by atoms with Crippen molar-refractivity contribution in [1.82, 2.24) is 6.15 Å². The molecule has 4 heteroatoms. The zero-order chi connectivity index (χ0) is 4.28. The van der Waals surface area contributed by atoms with Crippen LogP contribution in [0.1, 0.15) is 0 Å². The van der Waals surface area contributed by atoms with Gasteiger partial charge >= 0.3 is 5.97 Å². The molecule has 0 fully saturated rings. The predicted molar refractivity (Wildman–Crippen MR) is 18.6 cm³/mol. The molecule has 0 heterocycles. The van der Waals surface area contributed by atoms with Crippen LogP contribution < -0.4 is 6.15 Å². The van der Waals surface area contributed by atoms with Gasteiger partial charge in [-0.2, -0.15) is 0 Å². The number of hydrogen-bond donors (Lipinski definition) is 2. The summed E-state index contributed by atoms with van der Waals surface area (Å²) in [6, 6.07) is 0. The van der Waals surface area contributed by atoms with Gasteiger partial charge in [0.05, 0.1) is 0 Å². The van der Waals surface area contributed by atoms with Gasteiger partial charge in [0.25, 0.3) is 0 Å². The SMILES string of the molecule is N.O=C(O)CF. The van der Waals surface area contributed by atoms with Crippen molar-refractivity contribution in [3.05, 3.63) is 0 Å². The van der Waals surface area contributed by atoms with Gasteiger partial charge in [-0.1, -0.05) is 0 Å².